The summed E-state index contributed by atoms with van der Waals surface area (Å²) >= 11 is 0. The molecule has 0 spiro atoms. The van der Waals surface area contributed by atoms with Crippen LogP contribution in [0.4, 0.5) is 0 Å². The number of hydrogen-bond acceptors (Lipinski definition) is 3. The SMILES string of the molecule is CCN(CC)C(=O)CN(C)Cc1cccc(C#CCN)c1. The Bertz CT molecular complexity index is 512. The number of benzene rings is 1. The largest absolute Gasteiger partial charge is 0.342 e. The third-order valence-corrected chi connectivity index (χ3v) is 3.24. The van der Waals surface area contributed by atoms with Crippen molar-refractivity contribution in [1.29, 1.82) is 0 Å². The van der Waals surface area contributed by atoms with Gasteiger partial charge in [0.2, 0.25) is 5.91 Å². The molecule has 0 atom stereocenters. The smallest absolute Gasteiger partial charge is 0.236 e. The molecule has 4 heteroatoms. The van der Waals surface area contributed by atoms with Gasteiger partial charge in [0.25, 0.3) is 0 Å². The first-order valence-electron chi connectivity index (χ1n) is 7.34. The van der Waals surface area contributed by atoms with Crippen LogP contribution in [0.5, 0.6) is 0 Å². The lowest BCUT2D eigenvalue weighted by Gasteiger charge is -2.23. The molecular formula is C17H25N3O. The molecule has 0 saturated carbocycles. The van der Waals surface area contributed by atoms with Gasteiger partial charge in [-0.1, -0.05) is 24.0 Å². The van der Waals surface area contributed by atoms with Crippen molar-refractivity contribution in [3.05, 3.63) is 35.4 Å². The fraction of sp³-hybridized carbons (Fsp3) is 0.471. The van der Waals surface area contributed by atoms with Crippen LogP contribution in [-0.4, -0.2) is 48.9 Å². The van der Waals surface area contributed by atoms with Crippen molar-refractivity contribution in [1.82, 2.24) is 9.80 Å². The number of nitrogens with zero attached hydrogens (tertiary/aromatic N) is 2. The van der Waals surface area contributed by atoms with E-state index in [4.69, 9.17) is 5.73 Å². The maximum Gasteiger partial charge on any atom is 0.236 e. The van der Waals surface area contributed by atoms with Gasteiger partial charge in [-0.3, -0.25) is 9.69 Å². The summed E-state index contributed by atoms with van der Waals surface area (Å²) in [7, 11) is 1.96. The van der Waals surface area contributed by atoms with Gasteiger partial charge in [0.15, 0.2) is 0 Å². The molecule has 114 valence electrons. The Labute approximate surface area is 127 Å². The standard InChI is InChI=1S/C17H25N3O/c1-4-20(5-2)17(21)14-19(3)13-16-9-6-8-15(12-16)10-7-11-18/h6,8-9,12H,4-5,11,13-14,18H2,1-3H3. The highest BCUT2D eigenvalue weighted by Crippen LogP contribution is 2.07. The molecule has 0 saturated heterocycles. The Kier molecular flexibility index (Phi) is 7.52. The lowest BCUT2D eigenvalue weighted by atomic mass is 10.1. The molecule has 0 fully saturated rings. The Morgan fingerprint density at radius 3 is 2.62 bits per heavy atom. The van der Waals surface area contributed by atoms with Crippen LogP contribution >= 0.6 is 0 Å². The second-order valence-corrected chi connectivity index (χ2v) is 4.94. The van der Waals surface area contributed by atoms with E-state index in [0.29, 0.717) is 13.1 Å². The van der Waals surface area contributed by atoms with Gasteiger partial charge in [0.1, 0.15) is 0 Å². The number of nitrogens with two attached hydrogens (primary N) is 1. The molecule has 1 aromatic carbocycles. The quantitative estimate of drug-likeness (QED) is 0.802. The predicted octanol–water partition coefficient (Wildman–Crippen LogP) is 1.30. The van der Waals surface area contributed by atoms with Gasteiger partial charge >= 0.3 is 0 Å². The third-order valence-electron chi connectivity index (χ3n) is 3.24. The molecule has 1 amide bonds. The van der Waals surface area contributed by atoms with E-state index in [1.165, 1.54) is 0 Å². The first-order valence-corrected chi connectivity index (χ1v) is 7.34. The highest BCUT2D eigenvalue weighted by Gasteiger charge is 2.12. The Hall–Kier alpha value is -1.83. The normalized spacial score (nSPS) is 10.1. The van der Waals surface area contributed by atoms with E-state index < -0.39 is 0 Å². The van der Waals surface area contributed by atoms with Crippen molar-refractivity contribution in [2.75, 3.05) is 33.2 Å². The fourth-order valence-electron chi connectivity index (χ4n) is 2.18. The maximum atomic E-state index is 12.1. The number of likely N-dealkylation sites (N-methyl/N-ethyl adjacent to an activating group) is 2. The van der Waals surface area contributed by atoms with Crippen LogP contribution in [0.2, 0.25) is 0 Å². The van der Waals surface area contributed by atoms with Crippen LogP contribution in [0, 0.1) is 11.8 Å². The Morgan fingerprint density at radius 1 is 1.29 bits per heavy atom. The van der Waals surface area contributed by atoms with Crippen molar-refractivity contribution in [2.24, 2.45) is 5.73 Å². The molecule has 0 unspecified atom stereocenters. The topological polar surface area (TPSA) is 49.6 Å². The van der Waals surface area contributed by atoms with Crippen molar-refractivity contribution in [3.8, 4) is 11.8 Å². The first-order chi connectivity index (χ1) is 10.1. The van der Waals surface area contributed by atoms with Gasteiger partial charge in [0, 0.05) is 25.2 Å². The molecule has 0 radical (unpaired) electrons. The zero-order valence-corrected chi connectivity index (χ0v) is 13.2. The molecule has 0 heterocycles. The molecule has 1 rings (SSSR count). The van der Waals surface area contributed by atoms with E-state index >= 15 is 0 Å². The van der Waals surface area contributed by atoms with Crippen LogP contribution in [0.25, 0.3) is 0 Å². The van der Waals surface area contributed by atoms with Gasteiger partial charge in [-0.15, -0.1) is 0 Å². The van der Waals surface area contributed by atoms with Crippen molar-refractivity contribution >= 4 is 5.91 Å². The summed E-state index contributed by atoms with van der Waals surface area (Å²) in [5.41, 5.74) is 7.49. The van der Waals surface area contributed by atoms with E-state index in [2.05, 4.69) is 11.8 Å². The average molecular weight is 287 g/mol. The van der Waals surface area contributed by atoms with Crippen LogP contribution < -0.4 is 5.73 Å². The highest BCUT2D eigenvalue weighted by atomic mass is 16.2. The fourth-order valence-corrected chi connectivity index (χ4v) is 2.18. The van der Waals surface area contributed by atoms with Gasteiger partial charge in [-0.2, -0.15) is 0 Å². The third kappa shape index (κ3) is 5.99. The molecule has 0 bridgehead atoms. The summed E-state index contributed by atoms with van der Waals surface area (Å²) in [6, 6.07) is 8.04. The maximum absolute atomic E-state index is 12.1. The van der Waals surface area contributed by atoms with Crippen molar-refractivity contribution < 1.29 is 4.79 Å². The number of carbonyl (C=O) groups is 1. The Balaban J connectivity index is 2.62. The molecule has 21 heavy (non-hydrogen) atoms. The van der Waals surface area contributed by atoms with E-state index in [1.807, 2.05) is 55.0 Å². The van der Waals surface area contributed by atoms with Gasteiger partial charge in [-0.05, 0) is 38.6 Å². The monoisotopic (exact) mass is 287 g/mol. The molecule has 0 aliphatic rings. The summed E-state index contributed by atoms with van der Waals surface area (Å²) in [6.07, 6.45) is 0. The molecule has 1 aromatic rings. The predicted molar refractivity (Wildman–Crippen MR) is 86.6 cm³/mol. The molecule has 4 nitrogen and oxygen atoms in total. The molecular weight excluding hydrogens is 262 g/mol. The summed E-state index contributed by atoms with van der Waals surface area (Å²) in [5, 5.41) is 0. The molecule has 0 aliphatic carbocycles. The van der Waals surface area contributed by atoms with E-state index in [1.54, 1.807) is 0 Å². The molecule has 0 aliphatic heterocycles. The minimum atomic E-state index is 0.168. The van der Waals surface area contributed by atoms with Crippen molar-refractivity contribution in [2.45, 2.75) is 20.4 Å². The average Bonchev–Trinajstić information content (AvgIpc) is 2.46. The summed E-state index contributed by atoms with van der Waals surface area (Å²) in [4.78, 5) is 15.9. The number of hydrogen-bond donors (Lipinski definition) is 1. The zero-order chi connectivity index (χ0) is 15.7. The summed E-state index contributed by atoms with van der Waals surface area (Å²) in [5.74, 6) is 6.05. The first kappa shape index (κ1) is 17.2. The summed E-state index contributed by atoms with van der Waals surface area (Å²) in [6.45, 7) is 7.04. The number of amides is 1. The van der Waals surface area contributed by atoms with E-state index in [-0.39, 0.29) is 5.91 Å². The van der Waals surface area contributed by atoms with E-state index in [9.17, 15) is 4.79 Å². The number of rotatable bonds is 6. The van der Waals surface area contributed by atoms with Crippen LogP contribution in [0.15, 0.2) is 24.3 Å². The second-order valence-electron chi connectivity index (χ2n) is 4.94. The molecule has 2 N–H and O–H groups in total. The van der Waals surface area contributed by atoms with Gasteiger partial charge in [0.05, 0.1) is 13.1 Å². The van der Waals surface area contributed by atoms with Gasteiger partial charge < -0.3 is 10.6 Å². The lowest BCUT2D eigenvalue weighted by molar-refractivity contribution is -0.131. The minimum Gasteiger partial charge on any atom is -0.342 e. The number of carbonyl (C=O) groups excluding carboxylic acids is 1. The summed E-state index contributed by atoms with van der Waals surface area (Å²) < 4.78 is 0. The minimum absolute atomic E-state index is 0.168. The van der Waals surface area contributed by atoms with Crippen LogP contribution in [0.1, 0.15) is 25.0 Å². The van der Waals surface area contributed by atoms with Crippen molar-refractivity contribution in [3.63, 3.8) is 0 Å². The van der Waals surface area contributed by atoms with E-state index in [0.717, 1.165) is 30.8 Å². The van der Waals surface area contributed by atoms with Gasteiger partial charge in [-0.25, -0.2) is 0 Å². The van der Waals surface area contributed by atoms with Crippen LogP contribution in [0.3, 0.4) is 0 Å². The molecule has 0 aromatic heterocycles. The lowest BCUT2D eigenvalue weighted by Crippen LogP contribution is -2.38. The highest BCUT2D eigenvalue weighted by molar-refractivity contribution is 5.78. The second kappa shape index (κ2) is 9.17. The van der Waals surface area contributed by atoms with Crippen LogP contribution in [-0.2, 0) is 11.3 Å². The Morgan fingerprint density at radius 2 is 2.00 bits per heavy atom. The zero-order valence-electron chi connectivity index (χ0n) is 13.2.